The number of carbonyl (C=O) groups excluding carboxylic acids is 1. The van der Waals surface area contributed by atoms with Gasteiger partial charge in [0.15, 0.2) is 15.6 Å². The fraction of sp³-hybridized carbons (Fsp3) is 0.500. The van der Waals surface area contributed by atoms with Crippen LogP contribution in [0.2, 0.25) is 0 Å². The quantitative estimate of drug-likeness (QED) is 0.517. The molecule has 1 aromatic carbocycles. The number of aromatic nitrogens is 2. The van der Waals surface area contributed by atoms with Gasteiger partial charge in [0.05, 0.1) is 12.7 Å². The first-order valence-electron chi connectivity index (χ1n) is 10.8. The van der Waals surface area contributed by atoms with Crippen molar-refractivity contribution in [1.29, 1.82) is 0 Å². The minimum absolute atomic E-state index is 0.0154. The molecule has 0 spiro atoms. The molecule has 0 bridgehead atoms. The summed E-state index contributed by atoms with van der Waals surface area (Å²) in [6.45, 7) is 8.22. The summed E-state index contributed by atoms with van der Waals surface area (Å²) in [7, 11) is -3.99. The van der Waals surface area contributed by atoms with Crippen molar-refractivity contribution >= 4 is 15.6 Å². The number of fused-ring (bicyclic) bond motifs is 1. The summed E-state index contributed by atoms with van der Waals surface area (Å²) >= 11 is 0. The van der Waals surface area contributed by atoms with Crippen molar-refractivity contribution in [3.63, 3.8) is 0 Å². The van der Waals surface area contributed by atoms with Crippen molar-refractivity contribution in [2.45, 2.75) is 63.5 Å². The van der Waals surface area contributed by atoms with Crippen molar-refractivity contribution in [2.24, 2.45) is 0 Å². The Morgan fingerprint density at radius 1 is 1.30 bits per heavy atom. The number of sulfone groups is 1. The molecular formula is C24H29FN2O5S. The molecule has 0 aliphatic carbocycles. The van der Waals surface area contributed by atoms with E-state index in [2.05, 4.69) is 11.0 Å². The largest absolute Gasteiger partial charge is 0.474 e. The van der Waals surface area contributed by atoms with E-state index >= 15 is 0 Å². The van der Waals surface area contributed by atoms with Gasteiger partial charge in [-0.05, 0) is 40.7 Å². The van der Waals surface area contributed by atoms with Crippen LogP contribution in [-0.4, -0.2) is 49.1 Å². The van der Waals surface area contributed by atoms with Gasteiger partial charge >= 0.3 is 0 Å². The monoisotopic (exact) mass is 476 g/mol. The molecule has 33 heavy (non-hydrogen) atoms. The molecule has 0 radical (unpaired) electrons. The predicted octanol–water partition coefficient (Wildman–Crippen LogP) is 3.27. The summed E-state index contributed by atoms with van der Waals surface area (Å²) in [5.41, 5.74) is 2.13. The summed E-state index contributed by atoms with van der Waals surface area (Å²) in [5.74, 6) is 0.902. The summed E-state index contributed by atoms with van der Waals surface area (Å²) in [5, 5.41) is 4.08. The van der Waals surface area contributed by atoms with Gasteiger partial charge in [-0.2, -0.15) is 5.10 Å². The highest BCUT2D eigenvalue weighted by atomic mass is 32.2. The molecule has 0 fully saturated rings. The van der Waals surface area contributed by atoms with E-state index in [4.69, 9.17) is 15.9 Å². The smallest absolute Gasteiger partial charge is 0.231 e. The molecule has 178 valence electrons. The Labute approximate surface area is 194 Å². The van der Waals surface area contributed by atoms with Crippen molar-refractivity contribution in [3.05, 3.63) is 40.8 Å². The molecule has 1 unspecified atom stereocenters. The van der Waals surface area contributed by atoms with Crippen molar-refractivity contribution in [2.75, 3.05) is 19.0 Å². The average Bonchev–Trinajstić information content (AvgIpc) is 3.16. The lowest BCUT2D eigenvalue weighted by atomic mass is 9.86. The number of hydrogen-bond acceptors (Lipinski definition) is 6. The van der Waals surface area contributed by atoms with Crippen LogP contribution in [0.1, 0.15) is 56.2 Å². The third-order valence-electron chi connectivity index (χ3n) is 5.53. The second-order valence-corrected chi connectivity index (χ2v) is 10.7. The van der Waals surface area contributed by atoms with Crippen LogP contribution in [0.15, 0.2) is 23.2 Å². The van der Waals surface area contributed by atoms with E-state index in [-0.39, 0.29) is 54.2 Å². The maximum Gasteiger partial charge on any atom is 0.231 e. The molecule has 7 nitrogen and oxygen atoms in total. The van der Waals surface area contributed by atoms with Crippen LogP contribution in [0.4, 0.5) is 4.39 Å². The van der Waals surface area contributed by atoms with Crippen molar-refractivity contribution < 1.29 is 27.1 Å². The van der Waals surface area contributed by atoms with Gasteiger partial charge < -0.3 is 9.47 Å². The van der Waals surface area contributed by atoms with E-state index in [0.717, 1.165) is 0 Å². The standard InChI is InChI=1S/C24H29FN2O5S/c1-6-7-31-19-12-27-24(32-13-19)23(11-26-27)33(29,30)14-18(28)10-22-20(15(2)3)8-17(25)9-21(22)16(4)5/h1,8-9,11,15-16,19H,7,10,12-14H2,2-5H3. The summed E-state index contributed by atoms with van der Waals surface area (Å²) in [6, 6.07) is 2.85. The van der Waals surface area contributed by atoms with Crippen LogP contribution in [0.25, 0.3) is 0 Å². The van der Waals surface area contributed by atoms with Crippen molar-refractivity contribution in [3.8, 4) is 18.2 Å². The number of ketones is 1. The fourth-order valence-corrected chi connectivity index (χ4v) is 5.30. The lowest BCUT2D eigenvalue weighted by Crippen LogP contribution is -2.33. The molecule has 0 amide bonds. The van der Waals surface area contributed by atoms with Crippen LogP contribution in [0, 0.1) is 18.2 Å². The lowest BCUT2D eigenvalue weighted by molar-refractivity contribution is -0.116. The maximum atomic E-state index is 14.2. The van der Waals surface area contributed by atoms with Crippen LogP contribution >= 0.6 is 0 Å². The van der Waals surface area contributed by atoms with E-state index < -0.39 is 21.4 Å². The van der Waals surface area contributed by atoms with E-state index in [9.17, 15) is 17.6 Å². The zero-order chi connectivity index (χ0) is 24.3. The third-order valence-corrected chi connectivity index (χ3v) is 7.18. The summed E-state index contributed by atoms with van der Waals surface area (Å²) < 4.78 is 52.6. The number of hydrogen-bond donors (Lipinski definition) is 0. The second-order valence-electron chi connectivity index (χ2n) is 8.79. The highest BCUT2D eigenvalue weighted by Gasteiger charge is 2.32. The number of halogens is 1. The molecule has 0 saturated heterocycles. The fourth-order valence-electron chi connectivity index (χ4n) is 3.98. The molecule has 1 aliphatic rings. The highest BCUT2D eigenvalue weighted by molar-refractivity contribution is 7.92. The normalized spacial score (nSPS) is 15.9. The zero-order valence-electron chi connectivity index (χ0n) is 19.3. The van der Waals surface area contributed by atoms with Gasteiger partial charge in [0.1, 0.15) is 35.8 Å². The van der Waals surface area contributed by atoms with Gasteiger partial charge in [0.25, 0.3) is 0 Å². The molecule has 2 heterocycles. The Morgan fingerprint density at radius 2 is 1.94 bits per heavy atom. The molecule has 9 heteroatoms. The van der Waals surface area contributed by atoms with E-state index in [1.165, 1.54) is 23.0 Å². The van der Waals surface area contributed by atoms with E-state index in [0.29, 0.717) is 23.2 Å². The minimum Gasteiger partial charge on any atom is -0.474 e. The number of ether oxygens (including phenoxy) is 2. The van der Waals surface area contributed by atoms with Crippen LogP contribution in [0.5, 0.6) is 5.88 Å². The molecular weight excluding hydrogens is 447 g/mol. The first-order chi connectivity index (χ1) is 15.5. The molecule has 1 atom stereocenters. The van der Waals surface area contributed by atoms with Gasteiger partial charge in [0.2, 0.25) is 5.88 Å². The second kappa shape index (κ2) is 10.1. The predicted molar refractivity (Wildman–Crippen MR) is 122 cm³/mol. The van der Waals surface area contributed by atoms with Gasteiger partial charge in [-0.1, -0.05) is 33.6 Å². The average molecular weight is 477 g/mol. The molecule has 0 saturated carbocycles. The molecule has 2 aromatic rings. The molecule has 1 aliphatic heterocycles. The maximum absolute atomic E-state index is 14.2. The Morgan fingerprint density at radius 3 is 2.52 bits per heavy atom. The number of Topliss-reactive ketones (excluding diaryl/α,β-unsaturated/α-hetero) is 1. The van der Waals surface area contributed by atoms with Gasteiger partial charge in [-0.15, -0.1) is 6.42 Å². The summed E-state index contributed by atoms with van der Waals surface area (Å²) in [4.78, 5) is 12.8. The minimum atomic E-state index is -3.99. The van der Waals surface area contributed by atoms with Gasteiger partial charge in [-0.25, -0.2) is 17.5 Å². The molecule has 3 rings (SSSR count). The van der Waals surface area contributed by atoms with Crippen molar-refractivity contribution in [1.82, 2.24) is 9.78 Å². The Bertz CT molecular complexity index is 1150. The zero-order valence-corrected chi connectivity index (χ0v) is 20.1. The Kier molecular flexibility index (Phi) is 7.60. The van der Waals surface area contributed by atoms with E-state index in [1.807, 2.05) is 27.7 Å². The first-order valence-corrected chi connectivity index (χ1v) is 12.5. The Hall–Kier alpha value is -2.70. The number of nitrogens with zero attached hydrogens (tertiary/aromatic N) is 2. The number of carbonyl (C=O) groups is 1. The lowest BCUT2D eigenvalue weighted by Gasteiger charge is -2.24. The first kappa shape index (κ1) is 24.9. The summed E-state index contributed by atoms with van der Waals surface area (Å²) in [6.07, 6.45) is 5.96. The van der Waals surface area contributed by atoms with E-state index in [1.54, 1.807) is 0 Å². The van der Waals surface area contributed by atoms with Crippen LogP contribution in [0.3, 0.4) is 0 Å². The number of benzene rings is 1. The highest BCUT2D eigenvalue weighted by Crippen LogP contribution is 2.31. The van der Waals surface area contributed by atoms with Crippen LogP contribution in [-0.2, 0) is 32.3 Å². The van der Waals surface area contributed by atoms with Gasteiger partial charge in [-0.3, -0.25) is 4.79 Å². The number of terminal acetylenes is 1. The van der Waals surface area contributed by atoms with Gasteiger partial charge in [0, 0.05) is 6.42 Å². The van der Waals surface area contributed by atoms with Crippen LogP contribution < -0.4 is 4.74 Å². The number of rotatable bonds is 9. The molecule has 0 N–H and O–H groups in total. The molecule has 1 aromatic heterocycles. The topological polar surface area (TPSA) is 87.5 Å². The third kappa shape index (κ3) is 5.63. The SMILES string of the molecule is C#CCOC1COc2c(S(=O)(=O)CC(=O)Cc3c(C(C)C)cc(F)cc3C(C)C)cnn2C1. The Balaban J connectivity index is 1.81.